The molecule has 9 heteroatoms. The second-order valence-electron chi connectivity index (χ2n) is 12.0. The van der Waals surface area contributed by atoms with Crippen molar-refractivity contribution < 1.29 is 41.7 Å². The zero-order valence-corrected chi connectivity index (χ0v) is 28.4. The largest absolute Gasteiger partial charge is 0.446 e. The quantitative estimate of drug-likeness (QED) is 0.0638. The predicted molar refractivity (Wildman–Crippen MR) is 181 cm³/mol. The van der Waals surface area contributed by atoms with Crippen molar-refractivity contribution >= 4 is 11.9 Å². The summed E-state index contributed by atoms with van der Waals surface area (Å²) in [5.41, 5.74) is 3.55. The molecule has 262 valence electrons. The lowest BCUT2D eigenvalue weighted by molar-refractivity contribution is -0.234. The van der Waals surface area contributed by atoms with Crippen molar-refractivity contribution in [3.8, 4) is 16.9 Å². The number of ether oxygens (including phenoxy) is 4. The average Bonchev–Trinajstić information content (AvgIpc) is 3.09. The first-order valence-corrected chi connectivity index (χ1v) is 17.0. The summed E-state index contributed by atoms with van der Waals surface area (Å²) < 4.78 is 61.6. The molecule has 0 heterocycles. The highest BCUT2D eigenvalue weighted by Crippen LogP contribution is 2.30. The van der Waals surface area contributed by atoms with E-state index in [1.54, 1.807) is 12.1 Å². The van der Waals surface area contributed by atoms with Crippen LogP contribution in [-0.2, 0) is 20.6 Å². The number of hydrogen-bond donors (Lipinski definition) is 0. The lowest BCUT2D eigenvalue weighted by atomic mass is 10.00. The molecule has 0 bridgehead atoms. The molecule has 3 aromatic carbocycles. The third-order valence-electron chi connectivity index (χ3n) is 8.31. The van der Waals surface area contributed by atoms with Crippen molar-refractivity contribution in [2.45, 2.75) is 102 Å². The van der Waals surface area contributed by atoms with Gasteiger partial charge in [0, 0.05) is 20.8 Å². The highest BCUT2D eigenvalue weighted by molar-refractivity contribution is 5.92. The number of rotatable bonds is 21. The number of methoxy groups -OCH3 is 2. The Morgan fingerprint density at radius 1 is 0.667 bits per heavy atom. The van der Waals surface area contributed by atoms with Crippen LogP contribution in [0.4, 0.5) is 13.2 Å². The Balaban J connectivity index is 1.50. The summed E-state index contributed by atoms with van der Waals surface area (Å²) in [6.07, 6.45) is 3.84. The molecule has 0 aliphatic carbocycles. The van der Waals surface area contributed by atoms with Crippen LogP contribution in [0.15, 0.2) is 72.8 Å². The fourth-order valence-electron chi connectivity index (χ4n) is 5.47. The smallest absolute Gasteiger partial charge is 0.428 e. The Morgan fingerprint density at radius 3 is 1.77 bits per heavy atom. The number of esters is 2. The van der Waals surface area contributed by atoms with E-state index < -0.39 is 30.3 Å². The molecule has 0 spiro atoms. The number of halogens is 3. The van der Waals surface area contributed by atoms with Crippen LogP contribution in [0.3, 0.4) is 0 Å². The van der Waals surface area contributed by atoms with Gasteiger partial charge in [0.05, 0.1) is 11.1 Å². The summed E-state index contributed by atoms with van der Waals surface area (Å²) >= 11 is 0. The molecular formula is C39H49F3O6. The minimum Gasteiger partial charge on any atom is -0.446 e. The molecule has 6 nitrogen and oxygen atoms in total. The first-order valence-electron chi connectivity index (χ1n) is 17.0. The van der Waals surface area contributed by atoms with Crippen LogP contribution >= 0.6 is 0 Å². The molecule has 0 saturated heterocycles. The van der Waals surface area contributed by atoms with Gasteiger partial charge in [0.1, 0.15) is 11.9 Å². The lowest BCUT2D eigenvalue weighted by Gasteiger charge is -2.27. The highest BCUT2D eigenvalue weighted by Gasteiger charge is 2.48. The van der Waals surface area contributed by atoms with Gasteiger partial charge in [-0.3, -0.25) is 0 Å². The Labute approximate surface area is 282 Å². The number of benzene rings is 3. The fraction of sp³-hybridized carbons (Fsp3) is 0.487. The SMILES string of the molecule is CCCCCCCCCCc1ccc(-c2ccc(C(=O)Oc3ccc(C(=O)O[C@@H]([C@@H](CCCCOC)OC)C(F)(F)F)cc3)cc2)cc1. The molecule has 0 unspecified atom stereocenters. The highest BCUT2D eigenvalue weighted by atomic mass is 19.4. The van der Waals surface area contributed by atoms with Gasteiger partial charge in [0.15, 0.2) is 0 Å². The first-order chi connectivity index (χ1) is 23.2. The van der Waals surface area contributed by atoms with Crippen molar-refractivity contribution in [3.63, 3.8) is 0 Å². The topological polar surface area (TPSA) is 71.1 Å². The molecular weight excluding hydrogens is 621 g/mol. The molecule has 0 saturated carbocycles. The summed E-state index contributed by atoms with van der Waals surface area (Å²) in [6.45, 7) is 2.64. The van der Waals surface area contributed by atoms with Crippen LogP contribution in [0.25, 0.3) is 11.1 Å². The fourth-order valence-corrected chi connectivity index (χ4v) is 5.47. The summed E-state index contributed by atoms with van der Waals surface area (Å²) in [5, 5.41) is 0. The monoisotopic (exact) mass is 670 g/mol. The number of unbranched alkanes of at least 4 members (excludes halogenated alkanes) is 8. The number of aryl methyl sites for hydroxylation is 1. The van der Waals surface area contributed by atoms with E-state index in [4.69, 9.17) is 18.9 Å². The zero-order valence-electron chi connectivity index (χ0n) is 28.4. The third kappa shape index (κ3) is 13.1. The molecule has 2 atom stereocenters. The van der Waals surface area contributed by atoms with Gasteiger partial charge in [-0.2, -0.15) is 13.2 Å². The van der Waals surface area contributed by atoms with E-state index in [-0.39, 0.29) is 17.7 Å². The number of hydrogen-bond acceptors (Lipinski definition) is 6. The minimum absolute atomic E-state index is 0.0405. The molecule has 0 aliphatic rings. The van der Waals surface area contributed by atoms with Crippen LogP contribution in [0.1, 0.15) is 104 Å². The van der Waals surface area contributed by atoms with Crippen LogP contribution < -0.4 is 4.74 Å². The van der Waals surface area contributed by atoms with Gasteiger partial charge in [-0.1, -0.05) is 88.3 Å². The third-order valence-corrected chi connectivity index (χ3v) is 8.31. The summed E-state index contributed by atoms with van der Waals surface area (Å²) in [6, 6.07) is 20.7. The maximum atomic E-state index is 13.8. The van der Waals surface area contributed by atoms with Gasteiger partial charge in [-0.05, 0) is 85.2 Å². The molecule has 0 amide bonds. The Hall–Kier alpha value is -3.69. The summed E-state index contributed by atoms with van der Waals surface area (Å²) in [5.74, 6) is -1.63. The van der Waals surface area contributed by atoms with E-state index in [1.807, 2.05) is 12.1 Å². The molecule has 48 heavy (non-hydrogen) atoms. The second-order valence-corrected chi connectivity index (χ2v) is 12.0. The minimum atomic E-state index is -4.82. The number of carbonyl (C=O) groups excluding carboxylic acids is 2. The normalized spacial score (nSPS) is 12.8. The van der Waals surface area contributed by atoms with E-state index in [9.17, 15) is 22.8 Å². The average molecular weight is 671 g/mol. The molecule has 3 aromatic rings. The standard InChI is InChI=1S/C39H49F3O6/c1-4-5-6-7-8-9-10-11-14-29-16-18-30(19-17-29)31-20-22-32(23-21-31)37(43)47-34-26-24-33(25-27-34)38(44)48-36(39(40,41)42)35(46-3)15-12-13-28-45-2/h16-27,35-36H,4-15,28H2,1-3H3/t35-,36+/m1/s1. The van der Waals surface area contributed by atoms with E-state index in [0.717, 1.165) is 24.7 Å². The van der Waals surface area contributed by atoms with Crippen molar-refractivity contribution in [2.75, 3.05) is 20.8 Å². The van der Waals surface area contributed by atoms with Gasteiger partial charge >= 0.3 is 18.1 Å². The Morgan fingerprint density at radius 2 is 1.21 bits per heavy atom. The van der Waals surface area contributed by atoms with Crippen molar-refractivity contribution in [1.29, 1.82) is 0 Å². The lowest BCUT2D eigenvalue weighted by Crippen LogP contribution is -2.44. The Kier molecular flexibility index (Phi) is 16.7. The second kappa shape index (κ2) is 20.6. The van der Waals surface area contributed by atoms with Gasteiger partial charge < -0.3 is 18.9 Å². The van der Waals surface area contributed by atoms with E-state index in [0.29, 0.717) is 25.0 Å². The molecule has 0 N–H and O–H groups in total. The number of carbonyl (C=O) groups is 2. The van der Waals surface area contributed by atoms with Crippen molar-refractivity contribution in [2.24, 2.45) is 0 Å². The van der Waals surface area contributed by atoms with Crippen LogP contribution in [-0.4, -0.2) is 51.1 Å². The van der Waals surface area contributed by atoms with Crippen LogP contribution in [0.5, 0.6) is 5.75 Å². The van der Waals surface area contributed by atoms with Crippen LogP contribution in [0, 0.1) is 0 Å². The predicted octanol–water partition coefficient (Wildman–Crippen LogP) is 10.2. The summed E-state index contributed by atoms with van der Waals surface area (Å²) in [7, 11) is 2.66. The van der Waals surface area contributed by atoms with Crippen molar-refractivity contribution in [3.05, 3.63) is 89.5 Å². The van der Waals surface area contributed by atoms with Gasteiger partial charge in [0.25, 0.3) is 0 Å². The molecule has 0 radical (unpaired) electrons. The van der Waals surface area contributed by atoms with Crippen LogP contribution in [0.2, 0.25) is 0 Å². The van der Waals surface area contributed by atoms with Gasteiger partial charge in [-0.15, -0.1) is 0 Å². The van der Waals surface area contributed by atoms with E-state index in [1.165, 1.54) is 88.3 Å². The molecule has 0 aliphatic heterocycles. The maximum Gasteiger partial charge on any atom is 0.428 e. The van der Waals surface area contributed by atoms with Gasteiger partial charge in [-0.25, -0.2) is 9.59 Å². The maximum absolute atomic E-state index is 13.8. The first kappa shape index (κ1) is 38.8. The Bertz CT molecular complexity index is 1350. The number of alkyl halides is 3. The molecule has 0 aromatic heterocycles. The summed E-state index contributed by atoms with van der Waals surface area (Å²) in [4.78, 5) is 25.4. The van der Waals surface area contributed by atoms with E-state index in [2.05, 4.69) is 31.2 Å². The van der Waals surface area contributed by atoms with Gasteiger partial charge in [0.2, 0.25) is 6.10 Å². The molecule has 3 rings (SSSR count). The van der Waals surface area contributed by atoms with Crippen molar-refractivity contribution in [1.82, 2.24) is 0 Å². The molecule has 0 fully saturated rings. The van der Waals surface area contributed by atoms with E-state index >= 15 is 0 Å². The zero-order chi connectivity index (χ0) is 34.8.